The number of carboxylic acid groups (broad SMARTS) is 2. The predicted molar refractivity (Wildman–Crippen MR) is 102 cm³/mol. The van der Waals surface area contributed by atoms with Gasteiger partial charge in [0.2, 0.25) is 5.95 Å². The summed E-state index contributed by atoms with van der Waals surface area (Å²) >= 11 is 0. The summed E-state index contributed by atoms with van der Waals surface area (Å²) in [6, 6.07) is 4.86. The Morgan fingerprint density at radius 1 is 1.13 bits per heavy atom. The molecule has 164 valence electrons. The molecule has 2 aromatic heterocycles. The molecule has 2 saturated heterocycles. The summed E-state index contributed by atoms with van der Waals surface area (Å²) in [5, 5.41) is 14.8. The van der Waals surface area contributed by atoms with Gasteiger partial charge in [0, 0.05) is 50.7 Å². The monoisotopic (exact) mass is 434 g/mol. The van der Waals surface area contributed by atoms with Crippen LogP contribution in [-0.2, 0) is 16.1 Å². The lowest BCUT2D eigenvalue weighted by atomic mass is 10.0. The van der Waals surface area contributed by atoms with Crippen LogP contribution in [0.1, 0.15) is 22.3 Å². The molecule has 9 nitrogen and oxygen atoms in total. The zero-order valence-corrected chi connectivity index (χ0v) is 16.3. The van der Waals surface area contributed by atoms with Crippen molar-refractivity contribution in [3.63, 3.8) is 0 Å². The van der Waals surface area contributed by atoms with Crippen LogP contribution in [0, 0.1) is 17.7 Å². The van der Waals surface area contributed by atoms with Crippen LogP contribution >= 0.6 is 0 Å². The molecule has 0 bridgehead atoms. The summed E-state index contributed by atoms with van der Waals surface area (Å²) in [7, 11) is 0. The molecule has 11 heteroatoms. The molecule has 0 aliphatic carbocycles. The number of hydrogen-bond acceptors (Lipinski definition) is 6. The number of halogens is 2. The summed E-state index contributed by atoms with van der Waals surface area (Å²) in [5.74, 6) is -5.35. The van der Waals surface area contributed by atoms with Gasteiger partial charge in [-0.25, -0.2) is 19.0 Å². The molecule has 0 spiro atoms. The highest BCUT2D eigenvalue weighted by Gasteiger charge is 2.43. The fraction of sp³-hybridized carbons (Fsp3) is 0.350. The van der Waals surface area contributed by atoms with E-state index in [1.165, 1.54) is 0 Å². The van der Waals surface area contributed by atoms with Gasteiger partial charge in [-0.05, 0) is 24.0 Å². The number of amides is 1. The van der Waals surface area contributed by atoms with Gasteiger partial charge in [0.1, 0.15) is 0 Å². The molecule has 0 saturated carbocycles. The number of rotatable bonds is 3. The van der Waals surface area contributed by atoms with Gasteiger partial charge in [-0.2, -0.15) is 4.39 Å². The second-order valence-corrected chi connectivity index (χ2v) is 7.27. The lowest BCUT2D eigenvalue weighted by Crippen LogP contribution is -2.40. The van der Waals surface area contributed by atoms with E-state index in [0.717, 1.165) is 43.9 Å². The summed E-state index contributed by atoms with van der Waals surface area (Å²) in [6.07, 6.45) is 5.23. The van der Waals surface area contributed by atoms with E-state index in [2.05, 4.69) is 14.9 Å². The number of carbonyl (C=O) groups excluding carboxylic acids is 1. The van der Waals surface area contributed by atoms with E-state index >= 15 is 0 Å². The second-order valence-electron chi connectivity index (χ2n) is 7.27. The molecular formula is C20H20F2N4O5. The van der Waals surface area contributed by atoms with Crippen molar-refractivity contribution >= 4 is 17.8 Å². The van der Waals surface area contributed by atoms with Crippen molar-refractivity contribution in [1.29, 1.82) is 0 Å². The molecule has 2 aliphatic heterocycles. The summed E-state index contributed by atoms with van der Waals surface area (Å²) in [5.41, 5.74) is 0.890. The molecule has 0 unspecified atom stereocenters. The van der Waals surface area contributed by atoms with Gasteiger partial charge in [-0.3, -0.25) is 14.7 Å². The Morgan fingerprint density at radius 2 is 1.87 bits per heavy atom. The van der Waals surface area contributed by atoms with Crippen LogP contribution in [0.3, 0.4) is 0 Å². The third-order valence-corrected chi connectivity index (χ3v) is 5.25. The fourth-order valence-corrected chi connectivity index (χ4v) is 3.91. The number of aromatic nitrogens is 2. The lowest BCUT2D eigenvalue weighted by molar-refractivity contribution is -0.159. The van der Waals surface area contributed by atoms with Gasteiger partial charge in [0.25, 0.3) is 5.91 Å². The molecule has 2 aromatic rings. The minimum Gasteiger partial charge on any atom is -0.473 e. The third-order valence-electron chi connectivity index (χ3n) is 5.25. The highest BCUT2D eigenvalue weighted by molar-refractivity contribution is 6.27. The maximum absolute atomic E-state index is 13.9. The van der Waals surface area contributed by atoms with E-state index in [4.69, 9.17) is 19.8 Å². The van der Waals surface area contributed by atoms with E-state index in [1.54, 1.807) is 11.1 Å². The van der Waals surface area contributed by atoms with Crippen LogP contribution in [0.15, 0.2) is 36.8 Å². The Hall–Kier alpha value is -3.47. The second kappa shape index (κ2) is 9.56. The minimum atomic E-state index is -1.82. The Balaban J connectivity index is 0.000000401. The average molecular weight is 434 g/mol. The zero-order chi connectivity index (χ0) is 22.5. The Bertz CT molecular complexity index is 963. The van der Waals surface area contributed by atoms with E-state index < -0.39 is 29.6 Å². The number of hydrogen-bond donors (Lipinski definition) is 2. The number of carboxylic acids is 2. The molecule has 2 fully saturated rings. The van der Waals surface area contributed by atoms with Gasteiger partial charge in [-0.1, -0.05) is 6.07 Å². The van der Waals surface area contributed by atoms with Gasteiger partial charge in [0.05, 0.1) is 11.8 Å². The Kier molecular flexibility index (Phi) is 6.85. The van der Waals surface area contributed by atoms with Crippen LogP contribution in [0.5, 0.6) is 0 Å². The average Bonchev–Trinajstić information content (AvgIpc) is 3.30. The number of carbonyl (C=O) groups is 3. The Labute approximate surface area is 175 Å². The van der Waals surface area contributed by atoms with E-state index in [-0.39, 0.29) is 11.6 Å². The number of aliphatic carboxylic acids is 2. The fourth-order valence-electron chi connectivity index (χ4n) is 3.91. The lowest BCUT2D eigenvalue weighted by Gasteiger charge is -2.25. The van der Waals surface area contributed by atoms with Gasteiger partial charge >= 0.3 is 11.9 Å². The van der Waals surface area contributed by atoms with Crippen molar-refractivity contribution in [2.45, 2.75) is 19.0 Å². The van der Waals surface area contributed by atoms with Crippen LogP contribution in [0.25, 0.3) is 0 Å². The van der Waals surface area contributed by atoms with Crippen LogP contribution in [-0.4, -0.2) is 73.5 Å². The van der Waals surface area contributed by atoms with E-state index in [9.17, 15) is 13.6 Å². The normalized spacial score (nSPS) is 20.0. The Morgan fingerprint density at radius 3 is 2.52 bits per heavy atom. The highest BCUT2D eigenvalue weighted by Crippen LogP contribution is 2.33. The molecule has 4 heterocycles. The molecule has 4 rings (SSSR count). The summed E-state index contributed by atoms with van der Waals surface area (Å²) < 4.78 is 27.2. The van der Waals surface area contributed by atoms with Crippen molar-refractivity contribution in [2.75, 3.05) is 19.6 Å². The minimum absolute atomic E-state index is 0.0415. The first-order chi connectivity index (χ1) is 14.8. The molecule has 2 aliphatic rings. The largest absolute Gasteiger partial charge is 0.473 e. The van der Waals surface area contributed by atoms with E-state index in [0.29, 0.717) is 12.5 Å². The van der Waals surface area contributed by atoms with Gasteiger partial charge < -0.3 is 15.1 Å². The van der Waals surface area contributed by atoms with Crippen molar-refractivity contribution < 1.29 is 33.4 Å². The van der Waals surface area contributed by atoms with Crippen LogP contribution in [0.4, 0.5) is 8.78 Å². The maximum atomic E-state index is 13.9. The SMILES string of the molecule is O=C(O)C(=O)O.O=C(c1cc(F)ncc1F)N1CC[C@H]2CN(Cc3cccnc3)C[C@H]21. The first kappa shape index (κ1) is 22.2. The molecule has 31 heavy (non-hydrogen) atoms. The topological polar surface area (TPSA) is 124 Å². The van der Waals surface area contributed by atoms with Crippen molar-refractivity contribution in [3.05, 3.63) is 59.7 Å². The van der Waals surface area contributed by atoms with Crippen molar-refractivity contribution in [3.8, 4) is 0 Å². The first-order valence-electron chi connectivity index (χ1n) is 9.45. The van der Waals surface area contributed by atoms with Crippen molar-refractivity contribution in [1.82, 2.24) is 19.8 Å². The number of pyridine rings is 2. The smallest absolute Gasteiger partial charge is 0.414 e. The molecule has 0 aromatic carbocycles. The van der Waals surface area contributed by atoms with Gasteiger partial charge in [-0.15, -0.1) is 0 Å². The summed E-state index contributed by atoms with van der Waals surface area (Å²) in [6.45, 7) is 3.00. The number of nitrogens with zero attached hydrogens (tertiary/aromatic N) is 4. The molecule has 2 N–H and O–H groups in total. The number of fused-ring (bicyclic) bond motifs is 1. The first-order valence-corrected chi connectivity index (χ1v) is 9.45. The van der Waals surface area contributed by atoms with Crippen molar-refractivity contribution in [2.24, 2.45) is 5.92 Å². The maximum Gasteiger partial charge on any atom is 0.414 e. The van der Waals surface area contributed by atoms with Crippen LogP contribution < -0.4 is 0 Å². The quantitative estimate of drug-likeness (QED) is 0.547. The predicted octanol–water partition coefficient (Wildman–Crippen LogP) is 1.26. The summed E-state index contributed by atoms with van der Waals surface area (Å²) in [4.78, 5) is 42.2. The highest BCUT2D eigenvalue weighted by atomic mass is 19.1. The molecule has 1 amide bonds. The standard InChI is InChI=1S/C18H18F2N4O.C2H2O4/c19-15-8-22-17(20)6-14(15)18(25)24-5-3-13-10-23(11-16(13)24)9-12-2-1-4-21-7-12;3-1(4)2(5)6/h1-2,4,6-8,13,16H,3,5,9-11H2;(H,3,4)(H,5,6)/t13-,16+;/m0./s1. The third kappa shape index (κ3) is 5.37. The van der Waals surface area contributed by atoms with E-state index in [1.807, 2.05) is 18.3 Å². The van der Waals surface area contributed by atoms with Crippen LogP contribution in [0.2, 0.25) is 0 Å². The number of likely N-dealkylation sites (tertiary alicyclic amines) is 2. The molecular weight excluding hydrogens is 414 g/mol. The zero-order valence-electron chi connectivity index (χ0n) is 16.3. The molecule has 2 atom stereocenters. The van der Waals surface area contributed by atoms with Gasteiger partial charge in [0.15, 0.2) is 5.82 Å². The molecule has 0 radical (unpaired) electrons.